The van der Waals surface area contributed by atoms with E-state index in [1.54, 1.807) is 0 Å². The van der Waals surface area contributed by atoms with E-state index < -0.39 is 23.4 Å². The fraction of sp³-hybridized carbons (Fsp3) is 0.222. The van der Waals surface area contributed by atoms with E-state index in [4.69, 9.17) is 0 Å². The maximum absolute atomic E-state index is 12.9. The SMILES string of the molecule is O=C(Cl)C(F)(F)Cc1ccccc1F. The molecule has 0 unspecified atom stereocenters. The van der Waals surface area contributed by atoms with Crippen LogP contribution in [0.4, 0.5) is 13.2 Å². The molecular weight excluding hydrogens is 217 g/mol. The van der Waals surface area contributed by atoms with Crippen LogP contribution in [0.25, 0.3) is 0 Å². The summed E-state index contributed by atoms with van der Waals surface area (Å²) < 4.78 is 38.4. The van der Waals surface area contributed by atoms with E-state index in [1.807, 2.05) is 0 Å². The fourth-order valence-electron chi connectivity index (χ4n) is 0.950. The normalized spacial score (nSPS) is 11.4. The lowest BCUT2D eigenvalue weighted by Gasteiger charge is -2.11. The minimum absolute atomic E-state index is 0.230. The van der Waals surface area contributed by atoms with Gasteiger partial charge in [0.1, 0.15) is 5.82 Å². The molecule has 0 heterocycles. The first-order valence-corrected chi connectivity index (χ1v) is 4.12. The number of hydrogen-bond acceptors (Lipinski definition) is 1. The van der Waals surface area contributed by atoms with Crippen molar-refractivity contribution in [3.63, 3.8) is 0 Å². The van der Waals surface area contributed by atoms with Crippen molar-refractivity contribution in [1.29, 1.82) is 0 Å². The van der Waals surface area contributed by atoms with Gasteiger partial charge in [-0.25, -0.2) is 4.39 Å². The highest BCUT2D eigenvalue weighted by atomic mass is 35.5. The van der Waals surface area contributed by atoms with E-state index in [2.05, 4.69) is 11.6 Å². The molecule has 14 heavy (non-hydrogen) atoms. The molecule has 0 aliphatic rings. The van der Waals surface area contributed by atoms with Crippen LogP contribution in [0.3, 0.4) is 0 Å². The lowest BCUT2D eigenvalue weighted by Crippen LogP contribution is -2.27. The van der Waals surface area contributed by atoms with Gasteiger partial charge in [-0.2, -0.15) is 8.78 Å². The largest absolute Gasteiger partial charge is 0.324 e. The van der Waals surface area contributed by atoms with Crippen LogP contribution in [0.2, 0.25) is 0 Å². The number of carbonyl (C=O) groups is 1. The van der Waals surface area contributed by atoms with Crippen LogP contribution in [-0.2, 0) is 11.2 Å². The van der Waals surface area contributed by atoms with Crippen molar-refractivity contribution in [2.75, 3.05) is 0 Å². The van der Waals surface area contributed by atoms with Crippen molar-refractivity contribution in [1.82, 2.24) is 0 Å². The molecule has 1 aromatic rings. The summed E-state index contributed by atoms with van der Waals surface area (Å²) in [5.41, 5.74) is -0.230. The molecule has 0 spiro atoms. The Labute approximate surface area is 83.5 Å². The Kier molecular flexibility index (Phi) is 3.16. The van der Waals surface area contributed by atoms with Gasteiger partial charge in [-0.3, -0.25) is 4.79 Å². The van der Waals surface area contributed by atoms with Gasteiger partial charge in [0.15, 0.2) is 0 Å². The van der Waals surface area contributed by atoms with Crippen LogP contribution in [0.5, 0.6) is 0 Å². The summed E-state index contributed by atoms with van der Waals surface area (Å²) in [4.78, 5) is 10.3. The zero-order valence-electron chi connectivity index (χ0n) is 6.94. The summed E-state index contributed by atoms with van der Waals surface area (Å²) in [6.07, 6.45) is -1.01. The molecule has 1 rings (SSSR count). The Hall–Kier alpha value is -1.03. The molecule has 1 aromatic carbocycles. The lowest BCUT2D eigenvalue weighted by atomic mass is 10.1. The summed E-state index contributed by atoms with van der Waals surface area (Å²) in [7, 11) is 0. The summed E-state index contributed by atoms with van der Waals surface area (Å²) in [5.74, 6) is -4.49. The van der Waals surface area contributed by atoms with Gasteiger partial charge in [0.05, 0.1) is 0 Å². The van der Waals surface area contributed by atoms with Crippen molar-refractivity contribution in [3.05, 3.63) is 35.6 Å². The van der Waals surface area contributed by atoms with Crippen LogP contribution in [0, 0.1) is 5.82 Å². The van der Waals surface area contributed by atoms with Crippen molar-refractivity contribution in [2.45, 2.75) is 12.3 Å². The molecule has 0 radical (unpaired) electrons. The topological polar surface area (TPSA) is 17.1 Å². The van der Waals surface area contributed by atoms with Crippen LogP contribution in [-0.4, -0.2) is 11.2 Å². The van der Waals surface area contributed by atoms with Crippen LogP contribution in [0.15, 0.2) is 24.3 Å². The van der Waals surface area contributed by atoms with E-state index >= 15 is 0 Å². The first-order valence-electron chi connectivity index (χ1n) is 3.74. The quantitative estimate of drug-likeness (QED) is 0.719. The summed E-state index contributed by atoms with van der Waals surface area (Å²) >= 11 is 4.66. The van der Waals surface area contributed by atoms with E-state index in [9.17, 15) is 18.0 Å². The van der Waals surface area contributed by atoms with Gasteiger partial charge in [0, 0.05) is 6.42 Å². The average Bonchev–Trinajstić information content (AvgIpc) is 2.08. The standard InChI is InChI=1S/C9H6ClF3O/c10-8(14)9(12,13)5-6-3-1-2-4-7(6)11/h1-4H,5H2. The van der Waals surface area contributed by atoms with Gasteiger partial charge in [0.25, 0.3) is 5.24 Å². The van der Waals surface area contributed by atoms with Gasteiger partial charge in [0.2, 0.25) is 0 Å². The molecule has 0 saturated heterocycles. The Balaban J connectivity index is 2.89. The average molecular weight is 223 g/mol. The summed E-state index contributed by atoms with van der Waals surface area (Å²) in [6, 6.07) is 5.01. The predicted molar refractivity (Wildman–Crippen MR) is 45.9 cm³/mol. The molecule has 0 atom stereocenters. The molecule has 5 heteroatoms. The third-order valence-electron chi connectivity index (χ3n) is 1.66. The van der Waals surface area contributed by atoms with Gasteiger partial charge in [-0.1, -0.05) is 18.2 Å². The minimum Gasteiger partial charge on any atom is -0.274 e. The highest BCUT2D eigenvalue weighted by Crippen LogP contribution is 2.24. The molecular formula is C9H6ClF3O. The molecule has 1 nitrogen and oxygen atoms in total. The number of benzene rings is 1. The Bertz CT molecular complexity index is 352. The molecule has 0 N–H and O–H groups in total. The maximum atomic E-state index is 12.9. The first-order chi connectivity index (χ1) is 6.43. The van der Waals surface area contributed by atoms with Crippen LogP contribution in [0.1, 0.15) is 5.56 Å². The van der Waals surface area contributed by atoms with Crippen molar-refractivity contribution >= 4 is 16.8 Å². The molecule has 0 aliphatic heterocycles. The van der Waals surface area contributed by atoms with Crippen molar-refractivity contribution in [2.24, 2.45) is 0 Å². The number of alkyl halides is 2. The van der Waals surface area contributed by atoms with Crippen LogP contribution >= 0.6 is 11.6 Å². The summed E-state index contributed by atoms with van der Waals surface area (Å²) in [5, 5.41) is -1.78. The van der Waals surface area contributed by atoms with E-state index in [-0.39, 0.29) is 5.56 Å². The smallest absolute Gasteiger partial charge is 0.274 e. The Morgan fingerprint density at radius 3 is 2.43 bits per heavy atom. The fourth-order valence-corrected chi connectivity index (χ4v) is 1.02. The molecule has 0 aliphatic carbocycles. The van der Waals surface area contributed by atoms with Crippen molar-refractivity contribution in [3.8, 4) is 0 Å². The second-order valence-corrected chi connectivity index (χ2v) is 3.09. The third-order valence-corrected chi connectivity index (χ3v) is 1.93. The molecule has 0 bridgehead atoms. The molecule has 0 fully saturated rings. The molecule has 0 aromatic heterocycles. The first kappa shape index (κ1) is 11.0. The van der Waals surface area contributed by atoms with Gasteiger partial charge in [-0.05, 0) is 23.2 Å². The zero-order chi connectivity index (χ0) is 10.8. The summed E-state index contributed by atoms with van der Waals surface area (Å²) in [6.45, 7) is 0. The number of halogens is 4. The number of carbonyl (C=O) groups excluding carboxylic acids is 1. The number of rotatable bonds is 3. The Morgan fingerprint density at radius 1 is 1.36 bits per heavy atom. The maximum Gasteiger partial charge on any atom is 0.324 e. The molecule has 0 amide bonds. The van der Waals surface area contributed by atoms with E-state index in [0.717, 1.165) is 6.07 Å². The van der Waals surface area contributed by atoms with Gasteiger partial charge >= 0.3 is 5.92 Å². The third kappa shape index (κ3) is 2.48. The zero-order valence-corrected chi connectivity index (χ0v) is 7.69. The predicted octanol–water partition coefficient (Wildman–Crippen LogP) is 2.77. The van der Waals surface area contributed by atoms with Crippen molar-refractivity contribution < 1.29 is 18.0 Å². The van der Waals surface area contributed by atoms with Gasteiger partial charge in [-0.15, -0.1) is 0 Å². The monoisotopic (exact) mass is 222 g/mol. The van der Waals surface area contributed by atoms with Crippen LogP contribution < -0.4 is 0 Å². The Morgan fingerprint density at radius 2 is 1.93 bits per heavy atom. The number of hydrogen-bond donors (Lipinski definition) is 0. The van der Waals surface area contributed by atoms with Gasteiger partial charge < -0.3 is 0 Å². The highest BCUT2D eigenvalue weighted by molar-refractivity contribution is 6.65. The highest BCUT2D eigenvalue weighted by Gasteiger charge is 2.37. The van der Waals surface area contributed by atoms with E-state index in [1.165, 1.54) is 18.2 Å². The van der Waals surface area contributed by atoms with E-state index in [0.29, 0.717) is 0 Å². The second kappa shape index (κ2) is 4.00. The molecule has 0 saturated carbocycles. The lowest BCUT2D eigenvalue weighted by molar-refractivity contribution is -0.133. The minimum atomic E-state index is -3.72. The molecule has 76 valence electrons. The second-order valence-electron chi connectivity index (χ2n) is 2.75.